The summed E-state index contributed by atoms with van der Waals surface area (Å²) in [5.74, 6) is 0.622. The molecule has 1 amide bonds. The maximum absolute atomic E-state index is 12.9. The van der Waals surface area contributed by atoms with Crippen molar-refractivity contribution in [2.45, 2.75) is 31.9 Å². The van der Waals surface area contributed by atoms with Gasteiger partial charge in [0.25, 0.3) is 5.91 Å². The summed E-state index contributed by atoms with van der Waals surface area (Å²) in [4.78, 5) is 23.0. The van der Waals surface area contributed by atoms with Gasteiger partial charge in [0.1, 0.15) is 18.1 Å². The molecular formula is C19H23N3O3. The Labute approximate surface area is 147 Å². The summed E-state index contributed by atoms with van der Waals surface area (Å²) in [6, 6.07) is 7.42. The fraction of sp³-hybridized carbons (Fsp3) is 0.421. The van der Waals surface area contributed by atoms with Gasteiger partial charge in [0.05, 0.1) is 18.3 Å². The molecule has 0 unspecified atom stereocenters. The van der Waals surface area contributed by atoms with Crippen LogP contribution in [0.5, 0.6) is 5.75 Å². The normalized spacial score (nSPS) is 19.8. The number of rotatable bonds is 6. The van der Waals surface area contributed by atoms with Gasteiger partial charge in [0.2, 0.25) is 0 Å². The smallest absolute Gasteiger partial charge is 0.272 e. The van der Waals surface area contributed by atoms with Crippen molar-refractivity contribution < 1.29 is 14.3 Å². The Hall–Kier alpha value is -2.47. The van der Waals surface area contributed by atoms with Crippen molar-refractivity contribution in [3.8, 4) is 5.75 Å². The molecule has 2 atom stereocenters. The Bertz CT molecular complexity index is 708. The topological polar surface area (TPSA) is 64.6 Å². The summed E-state index contributed by atoms with van der Waals surface area (Å²) in [5, 5.41) is 0. The van der Waals surface area contributed by atoms with Crippen LogP contribution in [-0.4, -0.2) is 53.2 Å². The van der Waals surface area contributed by atoms with E-state index in [4.69, 9.17) is 9.47 Å². The molecule has 1 aliphatic rings. The summed E-state index contributed by atoms with van der Waals surface area (Å²) in [5.41, 5.74) is 1.58. The average Bonchev–Trinajstić information content (AvgIpc) is 3.10. The van der Waals surface area contributed by atoms with E-state index in [1.165, 1.54) is 0 Å². The molecule has 3 heterocycles. The number of aryl methyl sites for hydroxylation is 1. The largest absolute Gasteiger partial charge is 0.490 e. The van der Waals surface area contributed by atoms with E-state index in [2.05, 4.69) is 16.9 Å². The number of pyridine rings is 2. The van der Waals surface area contributed by atoms with Crippen LogP contribution in [0.25, 0.3) is 0 Å². The number of hydrogen-bond acceptors (Lipinski definition) is 5. The third-order valence-corrected chi connectivity index (χ3v) is 4.50. The summed E-state index contributed by atoms with van der Waals surface area (Å²) in [6.45, 7) is 3.02. The number of aromatic nitrogens is 2. The second-order valence-corrected chi connectivity index (χ2v) is 6.11. The van der Waals surface area contributed by atoms with Crippen LogP contribution >= 0.6 is 0 Å². The lowest BCUT2D eigenvalue weighted by atomic mass is 10.1. The Balaban J connectivity index is 1.73. The first-order valence-electron chi connectivity index (χ1n) is 8.52. The van der Waals surface area contributed by atoms with Gasteiger partial charge in [0, 0.05) is 26.0 Å². The molecule has 0 N–H and O–H groups in total. The van der Waals surface area contributed by atoms with Gasteiger partial charge >= 0.3 is 0 Å². The molecule has 1 saturated heterocycles. The molecule has 25 heavy (non-hydrogen) atoms. The Kier molecular flexibility index (Phi) is 5.60. The molecule has 6 heteroatoms. The van der Waals surface area contributed by atoms with Crippen LogP contribution in [0.3, 0.4) is 0 Å². The molecule has 2 aromatic heterocycles. The minimum Gasteiger partial charge on any atom is -0.490 e. The summed E-state index contributed by atoms with van der Waals surface area (Å²) in [7, 11) is 1.67. The standard InChI is InChI=1S/C19H23N3O3/c1-3-14-6-8-21-18(9-14)19(23)22-12-17(24-2)10-15(22)13-25-16-5-4-7-20-11-16/h4-9,11,15,17H,3,10,12-13H2,1-2H3/t15-,17+/m0/s1. The zero-order valence-electron chi connectivity index (χ0n) is 14.6. The predicted molar refractivity (Wildman–Crippen MR) is 93.6 cm³/mol. The van der Waals surface area contributed by atoms with E-state index in [1.807, 2.05) is 29.2 Å². The number of carbonyl (C=O) groups is 1. The SMILES string of the molecule is CCc1ccnc(C(=O)N2C[C@H](OC)C[C@H]2COc2cccnc2)c1. The van der Waals surface area contributed by atoms with Crippen molar-refractivity contribution in [2.75, 3.05) is 20.3 Å². The van der Waals surface area contributed by atoms with Crippen LogP contribution < -0.4 is 4.74 Å². The molecule has 1 aliphatic heterocycles. The van der Waals surface area contributed by atoms with E-state index >= 15 is 0 Å². The lowest BCUT2D eigenvalue weighted by molar-refractivity contribution is 0.0652. The highest BCUT2D eigenvalue weighted by Gasteiger charge is 2.36. The molecule has 0 aromatic carbocycles. The minimum atomic E-state index is -0.0744. The molecule has 6 nitrogen and oxygen atoms in total. The Morgan fingerprint density at radius 3 is 2.96 bits per heavy atom. The molecule has 132 valence electrons. The summed E-state index contributed by atoms with van der Waals surface area (Å²) >= 11 is 0. The van der Waals surface area contributed by atoms with Gasteiger partial charge in [0.15, 0.2) is 0 Å². The van der Waals surface area contributed by atoms with Gasteiger partial charge in [-0.15, -0.1) is 0 Å². The molecule has 3 rings (SSSR count). The third kappa shape index (κ3) is 4.14. The molecule has 1 fully saturated rings. The third-order valence-electron chi connectivity index (χ3n) is 4.50. The molecule has 0 spiro atoms. The highest BCUT2D eigenvalue weighted by molar-refractivity contribution is 5.93. The van der Waals surface area contributed by atoms with E-state index in [0.717, 1.165) is 18.4 Å². The Morgan fingerprint density at radius 2 is 2.24 bits per heavy atom. The highest BCUT2D eigenvalue weighted by atomic mass is 16.5. The first-order chi connectivity index (χ1) is 12.2. The van der Waals surface area contributed by atoms with Gasteiger partial charge in [-0.2, -0.15) is 0 Å². The molecule has 0 radical (unpaired) electrons. The van der Waals surface area contributed by atoms with Gasteiger partial charge in [-0.05, 0) is 42.7 Å². The van der Waals surface area contributed by atoms with E-state index in [-0.39, 0.29) is 18.1 Å². The molecule has 0 bridgehead atoms. The first-order valence-corrected chi connectivity index (χ1v) is 8.52. The number of nitrogens with zero attached hydrogens (tertiary/aromatic N) is 3. The van der Waals surface area contributed by atoms with Crippen LogP contribution in [-0.2, 0) is 11.2 Å². The van der Waals surface area contributed by atoms with Gasteiger partial charge in [-0.1, -0.05) is 6.92 Å². The van der Waals surface area contributed by atoms with E-state index < -0.39 is 0 Å². The molecule has 2 aromatic rings. The second kappa shape index (κ2) is 8.07. The van der Waals surface area contributed by atoms with Crippen molar-refractivity contribution in [1.82, 2.24) is 14.9 Å². The number of methoxy groups -OCH3 is 1. The number of amides is 1. The van der Waals surface area contributed by atoms with Crippen LogP contribution in [0.4, 0.5) is 0 Å². The number of hydrogen-bond donors (Lipinski definition) is 0. The lowest BCUT2D eigenvalue weighted by Crippen LogP contribution is -2.39. The monoisotopic (exact) mass is 341 g/mol. The Morgan fingerprint density at radius 1 is 1.36 bits per heavy atom. The number of carbonyl (C=O) groups excluding carboxylic acids is 1. The van der Waals surface area contributed by atoms with E-state index in [9.17, 15) is 4.79 Å². The van der Waals surface area contributed by atoms with Crippen LogP contribution in [0.15, 0.2) is 42.9 Å². The predicted octanol–water partition coefficient (Wildman–Crippen LogP) is 2.35. The van der Waals surface area contributed by atoms with Crippen molar-refractivity contribution >= 4 is 5.91 Å². The van der Waals surface area contributed by atoms with E-state index in [0.29, 0.717) is 24.6 Å². The molecule has 0 aliphatic carbocycles. The zero-order chi connectivity index (χ0) is 17.6. The first kappa shape index (κ1) is 17.4. The summed E-state index contributed by atoms with van der Waals surface area (Å²) < 4.78 is 11.3. The lowest BCUT2D eigenvalue weighted by Gasteiger charge is -2.24. The van der Waals surface area contributed by atoms with E-state index in [1.54, 1.807) is 25.7 Å². The second-order valence-electron chi connectivity index (χ2n) is 6.11. The number of likely N-dealkylation sites (tertiary alicyclic amines) is 1. The maximum Gasteiger partial charge on any atom is 0.272 e. The van der Waals surface area contributed by atoms with Crippen molar-refractivity contribution in [3.63, 3.8) is 0 Å². The van der Waals surface area contributed by atoms with Crippen LogP contribution in [0.2, 0.25) is 0 Å². The van der Waals surface area contributed by atoms with Crippen LogP contribution in [0.1, 0.15) is 29.4 Å². The van der Waals surface area contributed by atoms with Crippen LogP contribution in [0, 0.1) is 0 Å². The zero-order valence-corrected chi connectivity index (χ0v) is 14.6. The molecular weight excluding hydrogens is 318 g/mol. The van der Waals surface area contributed by atoms with Crippen molar-refractivity contribution in [2.24, 2.45) is 0 Å². The van der Waals surface area contributed by atoms with Crippen molar-refractivity contribution in [3.05, 3.63) is 54.1 Å². The van der Waals surface area contributed by atoms with Gasteiger partial charge < -0.3 is 14.4 Å². The fourth-order valence-corrected chi connectivity index (χ4v) is 3.03. The number of ether oxygens (including phenoxy) is 2. The fourth-order valence-electron chi connectivity index (χ4n) is 3.03. The van der Waals surface area contributed by atoms with Gasteiger partial charge in [-0.25, -0.2) is 0 Å². The average molecular weight is 341 g/mol. The minimum absolute atomic E-state index is 0.0146. The molecule has 0 saturated carbocycles. The highest BCUT2D eigenvalue weighted by Crippen LogP contribution is 2.23. The summed E-state index contributed by atoms with van der Waals surface area (Å²) in [6.07, 6.45) is 6.69. The van der Waals surface area contributed by atoms with Crippen molar-refractivity contribution in [1.29, 1.82) is 0 Å². The maximum atomic E-state index is 12.9. The quantitative estimate of drug-likeness (QED) is 0.807. The van der Waals surface area contributed by atoms with Gasteiger partial charge in [-0.3, -0.25) is 14.8 Å².